The Bertz CT molecular complexity index is 338. The van der Waals surface area contributed by atoms with E-state index in [0.717, 1.165) is 25.8 Å². The molecular weight excluding hydrogens is 176 g/mol. The van der Waals surface area contributed by atoms with E-state index in [0.29, 0.717) is 0 Å². The highest BCUT2D eigenvalue weighted by molar-refractivity contribution is 5.50. The number of hydrogen-bond donors (Lipinski definition) is 0. The number of carbonyl (C=O) groups excluding carboxylic acids is 1. The van der Waals surface area contributed by atoms with Gasteiger partial charge >= 0.3 is 0 Å². The number of carbonyl (C=O) groups is 1. The molecule has 1 aromatic rings. The van der Waals surface area contributed by atoms with Crippen LogP contribution in [0.4, 0.5) is 0 Å². The molecule has 1 aliphatic heterocycles. The summed E-state index contributed by atoms with van der Waals surface area (Å²) < 4.78 is 0. The smallest absolute Gasteiger partial charge is 0.210 e. The standard InChI is InChI=1S/C11H14N2O/c1-9-7-12-5-4-10(9)11-3-2-6-13(11)8-14/h4-5,7-8,11H,2-3,6H2,1H3/t11-/m1/s1. The van der Waals surface area contributed by atoms with Crippen molar-refractivity contribution in [3.63, 3.8) is 0 Å². The lowest BCUT2D eigenvalue weighted by Crippen LogP contribution is -2.21. The summed E-state index contributed by atoms with van der Waals surface area (Å²) in [5.41, 5.74) is 2.41. The molecule has 3 heteroatoms. The lowest BCUT2D eigenvalue weighted by Gasteiger charge is -2.21. The van der Waals surface area contributed by atoms with Gasteiger partial charge in [0.2, 0.25) is 6.41 Å². The van der Waals surface area contributed by atoms with E-state index >= 15 is 0 Å². The van der Waals surface area contributed by atoms with E-state index in [-0.39, 0.29) is 6.04 Å². The average Bonchev–Trinajstić information content (AvgIpc) is 2.66. The molecule has 1 amide bonds. The van der Waals surface area contributed by atoms with E-state index in [1.54, 1.807) is 6.20 Å². The van der Waals surface area contributed by atoms with Gasteiger partial charge in [-0.1, -0.05) is 0 Å². The van der Waals surface area contributed by atoms with E-state index in [9.17, 15) is 4.79 Å². The lowest BCUT2D eigenvalue weighted by molar-refractivity contribution is -0.118. The highest BCUT2D eigenvalue weighted by atomic mass is 16.1. The Balaban J connectivity index is 2.30. The monoisotopic (exact) mass is 190 g/mol. The molecule has 0 aliphatic carbocycles. The first-order valence-corrected chi connectivity index (χ1v) is 4.94. The summed E-state index contributed by atoms with van der Waals surface area (Å²) in [6.45, 7) is 2.93. The molecule has 3 nitrogen and oxygen atoms in total. The number of amides is 1. The molecule has 2 rings (SSSR count). The fourth-order valence-electron chi connectivity index (χ4n) is 2.11. The Kier molecular flexibility index (Phi) is 2.48. The molecule has 74 valence electrons. The number of hydrogen-bond acceptors (Lipinski definition) is 2. The van der Waals surface area contributed by atoms with Crippen molar-refractivity contribution in [1.82, 2.24) is 9.88 Å². The number of nitrogens with zero attached hydrogens (tertiary/aromatic N) is 2. The molecule has 14 heavy (non-hydrogen) atoms. The zero-order chi connectivity index (χ0) is 9.97. The summed E-state index contributed by atoms with van der Waals surface area (Å²) in [5.74, 6) is 0. The number of aromatic nitrogens is 1. The third kappa shape index (κ3) is 1.50. The maximum absolute atomic E-state index is 10.8. The van der Waals surface area contributed by atoms with Crippen molar-refractivity contribution in [3.05, 3.63) is 29.6 Å². The van der Waals surface area contributed by atoms with Crippen LogP contribution in [-0.2, 0) is 4.79 Å². The summed E-state index contributed by atoms with van der Waals surface area (Å²) >= 11 is 0. The van der Waals surface area contributed by atoms with Crippen molar-refractivity contribution < 1.29 is 4.79 Å². The molecule has 0 unspecified atom stereocenters. The van der Waals surface area contributed by atoms with E-state index < -0.39 is 0 Å². The first-order chi connectivity index (χ1) is 6.83. The first kappa shape index (κ1) is 9.19. The summed E-state index contributed by atoms with van der Waals surface area (Å²) in [7, 11) is 0. The Labute approximate surface area is 83.8 Å². The van der Waals surface area contributed by atoms with Crippen LogP contribution in [0.15, 0.2) is 18.5 Å². The molecule has 1 fully saturated rings. The van der Waals surface area contributed by atoms with Gasteiger partial charge < -0.3 is 4.90 Å². The second kappa shape index (κ2) is 3.78. The van der Waals surface area contributed by atoms with Gasteiger partial charge in [0.05, 0.1) is 6.04 Å². The minimum Gasteiger partial charge on any atom is -0.338 e. The number of pyridine rings is 1. The molecule has 0 spiro atoms. The van der Waals surface area contributed by atoms with Crippen LogP contribution in [0.2, 0.25) is 0 Å². The van der Waals surface area contributed by atoms with Gasteiger partial charge in [0.25, 0.3) is 0 Å². The molecule has 1 saturated heterocycles. The van der Waals surface area contributed by atoms with Crippen molar-refractivity contribution in [1.29, 1.82) is 0 Å². The maximum Gasteiger partial charge on any atom is 0.210 e. The molecule has 0 bridgehead atoms. The molecule has 1 aliphatic rings. The van der Waals surface area contributed by atoms with E-state index in [1.165, 1.54) is 11.1 Å². The topological polar surface area (TPSA) is 33.2 Å². The lowest BCUT2D eigenvalue weighted by atomic mass is 10.0. The number of rotatable bonds is 2. The Morgan fingerprint density at radius 2 is 2.50 bits per heavy atom. The SMILES string of the molecule is Cc1cnccc1[C@H]1CCCN1C=O. The van der Waals surface area contributed by atoms with Crippen LogP contribution >= 0.6 is 0 Å². The van der Waals surface area contributed by atoms with E-state index in [1.807, 2.05) is 24.1 Å². The van der Waals surface area contributed by atoms with Crippen LogP contribution in [0.3, 0.4) is 0 Å². The van der Waals surface area contributed by atoms with Gasteiger partial charge in [-0.05, 0) is 37.0 Å². The van der Waals surface area contributed by atoms with Gasteiger partial charge in [-0.2, -0.15) is 0 Å². The van der Waals surface area contributed by atoms with Crippen LogP contribution in [0, 0.1) is 6.92 Å². The highest BCUT2D eigenvalue weighted by Gasteiger charge is 2.25. The van der Waals surface area contributed by atoms with Gasteiger partial charge in [0.15, 0.2) is 0 Å². The predicted molar refractivity (Wildman–Crippen MR) is 53.7 cm³/mol. The summed E-state index contributed by atoms with van der Waals surface area (Å²) in [6, 6.07) is 2.29. The second-order valence-electron chi connectivity index (χ2n) is 3.73. The van der Waals surface area contributed by atoms with Crippen molar-refractivity contribution in [2.75, 3.05) is 6.54 Å². The van der Waals surface area contributed by atoms with Gasteiger partial charge in [0.1, 0.15) is 0 Å². The zero-order valence-corrected chi connectivity index (χ0v) is 8.31. The quantitative estimate of drug-likeness (QED) is 0.665. The van der Waals surface area contributed by atoms with Crippen LogP contribution in [0.5, 0.6) is 0 Å². The summed E-state index contributed by atoms with van der Waals surface area (Å²) in [6.07, 6.45) is 6.78. The fourth-order valence-corrected chi connectivity index (χ4v) is 2.11. The van der Waals surface area contributed by atoms with E-state index in [2.05, 4.69) is 4.98 Å². The summed E-state index contributed by atoms with van der Waals surface area (Å²) in [5, 5.41) is 0. The highest BCUT2D eigenvalue weighted by Crippen LogP contribution is 2.31. The third-order valence-electron chi connectivity index (χ3n) is 2.85. The number of aryl methyl sites for hydroxylation is 1. The predicted octanol–water partition coefficient (Wildman–Crippen LogP) is 1.68. The molecule has 0 radical (unpaired) electrons. The molecular formula is C11H14N2O. The van der Waals surface area contributed by atoms with E-state index in [4.69, 9.17) is 0 Å². The maximum atomic E-state index is 10.8. The van der Waals surface area contributed by atoms with Crippen molar-refractivity contribution >= 4 is 6.41 Å². The zero-order valence-electron chi connectivity index (χ0n) is 8.31. The fraction of sp³-hybridized carbons (Fsp3) is 0.455. The van der Waals surface area contributed by atoms with Crippen molar-refractivity contribution in [2.45, 2.75) is 25.8 Å². The first-order valence-electron chi connectivity index (χ1n) is 4.94. The molecule has 1 aromatic heterocycles. The normalized spacial score (nSPS) is 21.2. The van der Waals surface area contributed by atoms with Crippen LogP contribution in [0.1, 0.15) is 30.0 Å². The largest absolute Gasteiger partial charge is 0.338 e. The molecule has 0 saturated carbocycles. The molecule has 0 aromatic carbocycles. The Hall–Kier alpha value is -1.38. The molecule has 0 N–H and O–H groups in total. The van der Waals surface area contributed by atoms with Crippen molar-refractivity contribution in [3.8, 4) is 0 Å². The van der Waals surface area contributed by atoms with Gasteiger partial charge in [0, 0.05) is 18.9 Å². The second-order valence-corrected chi connectivity index (χ2v) is 3.73. The molecule has 2 heterocycles. The average molecular weight is 190 g/mol. The van der Waals surface area contributed by atoms with Gasteiger partial charge in [-0.25, -0.2) is 0 Å². The van der Waals surface area contributed by atoms with Crippen LogP contribution in [-0.4, -0.2) is 22.8 Å². The van der Waals surface area contributed by atoms with Crippen LogP contribution < -0.4 is 0 Å². The minimum absolute atomic E-state index is 0.274. The summed E-state index contributed by atoms with van der Waals surface area (Å²) in [4.78, 5) is 16.8. The Morgan fingerprint density at radius 1 is 1.64 bits per heavy atom. The van der Waals surface area contributed by atoms with Crippen molar-refractivity contribution in [2.24, 2.45) is 0 Å². The molecule has 1 atom stereocenters. The third-order valence-corrected chi connectivity index (χ3v) is 2.85. The number of likely N-dealkylation sites (tertiary alicyclic amines) is 1. The van der Waals surface area contributed by atoms with Gasteiger partial charge in [-0.15, -0.1) is 0 Å². The Morgan fingerprint density at radius 3 is 3.21 bits per heavy atom. The van der Waals surface area contributed by atoms with Crippen LogP contribution in [0.25, 0.3) is 0 Å². The minimum atomic E-state index is 0.274. The van der Waals surface area contributed by atoms with Gasteiger partial charge in [-0.3, -0.25) is 9.78 Å².